The molecule has 0 radical (unpaired) electrons. The highest BCUT2D eigenvalue weighted by atomic mass is 16.7. The van der Waals surface area contributed by atoms with Gasteiger partial charge in [0.15, 0.2) is 0 Å². The van der Waals surface area contributed by atoms with E-state index >= 15 is 0 Å². The highest BCUT2D eigenvalue weighted by molar-refractivity contribution is 5.73. The number of amides is 1. The van der Waals surface area contributed by atoms with E-state index in [9.17, 15) is 4.79 Å². The summed E-state index contributed by atoms with van der Waals surface area (Å²) in [7, 11) is 0. The van der Waals surface area contributed by atoms with Gasteiger partial charge in [0.05, 0.1) is 12.9 Å². The van der Waals surface area contributed by atoms with E-state index in [2.05, 4.69) is 5.32 Å². The molecule has 2 aliphatic heterocycles. The molecule has 2 rings (SSSR count). The van der Waals surface area contributed by atoms with E-state index < -0.39 is 5.79 Å². The van der Waals surface area contributed by atoms with Crippen LogP contribution < -0.4 is 5.32 Å². The second-order valence-electron chi connectivity index (χ2n) is 3.74. The highest BCUT2D eigenvalue weighted by Crippen LogP contribution is 2.34. The number of hydrogen-bond acceptors (Lipinski definition) is 3. The fourth-order valence-electron chi connectivity index (χ4n) is 1.96. The van der Waals surface area contributed by atoms with E-state index in [0.29, 0.717) is 6.61 Å². The number of carbonyl (C=O) groups is 1. The minimum atomic E-state index is -0.621. The van der Waals surface area contributed by atoms with Gasteiger partial charge >= 0.3 is 0 Å². The van der Waals surface area contributed by atoms with Gasteiger partial charge in [-0.1, -0.05) is 0 Å². The first-order valence-electron chi connectivity index (χ1n) is 4.98. The van der Waals surface area contributed by atoms with Crippen molar-refractivity contribution in [3.63, 3.8) is 0 Å². The van der Waals surface area contributed by atoms with Crippen molar-refractivity contribution in [3.05, 3.63) is 12.3 Å². The van der Waals surface area contributed by atoms with Gasteiger partial charge in [0.2, 0.25) is 11.7 Å². The van der Waals surface area contributed by atoms with Crippen molar-refractivity contribution in [3.8, 4) is 0 Å². The van der Waals surface area contributed by atoms with Crippen molar-refractivity contribution in [2.75, 3.05) is 6.61 Å². The van der Waals surface area contributed by atoms with Crippen LogP contribution in [0.1, 0.15) is 26.2 Å². The monoisotopic (exact) mass is 197 g/mol. The Morgan fingerprint density at radius 3 is 3.07 bits per heavy atom. The summed E-state index contributed by atoms with van der Waals surface area (Å²) in [6.45, 7) is 2.21. The molecule has 0 aromatic heterocycles. The lowest BCUT2D eigenvalue weighted by atomic mass is 9.99. The lowest BCUT2D eigenvalue weighted by Crippen LogP contribution is -2.52. The van der Waals surface area contributed by atoms with E-state index in [1.54, 1.807) is 6.26 Å². The predicted octanol–water partition coefficient (Wildman–Crippen LogP) is 0.932. The molecule has 1 spiro atoms. The third-order valence-corrected chi connectivity index (χ3v) is 2.64. The maximum Gasteiger partial charge on any atom is 0.233 e. The number of ether oxygens (including phenoxy) is 2. The molecule has 2 atom stereocenters. The van der Waals surface area contributed by atoms with E-state index in [4.69, 9.17) is 9.47 Å². The third-order valence-electron chi connectivity index (χ3n) is 2.64. The van der Waals surface area contributed by atoms with Crippen molar-refractivity contribution in [1.29, 1.82) is 0 Å². The second kappa shape index (κ2) is 3.61. The summed E-state index contributed by atoms with van der Waals surface area (Å²) < 4.78 is 11.1. The minimum absolute atomic E-state index is 0.0568. The SMILES string of the molecule is CC(=O)N[C@H]1C=CO[C@@]12CCCCO2. The Hall–Kier alpha value is -1.03. The molecule has 1 amide bonds. The maximum atomic E-state index is 11.0. The molecule has 0 aromatic rings. The Kier molecular flexibility index (Phi) is 2.46. The van der Waals surface area contributed by atoms with Crippen molar-refractivity contribution in [1.82, 2.24) is 5.32 Å². The molecule has 2 aliphatic rings. The molecule has 2 heterocycles. The van der Waals surface area contributed by atoms with Crippen LogP contribution in [0.2, 0.25) is 0 Å². The summed E-state index contributed by atoms with van der Waals surface area (Å²) in [6.07, 6.45) is 6.44. The lowest BCUT2D eigenvalue weighted by molar-refractivity contribution is -0.226. The van der Waals surface area contributed by atoms with E-state index in [1.165, 1.54) is 6.92 Å². The summed E-state index contributed by atoms with van der Waals surface area (Å²) in [5.74, 6) is -0.678. The van der Waals surface area contributed by atoms with Gasteiger partial charge in [-0.15, -0.1) is 0 Å². The van der Waals surface area contributed by atoms with Gasteiger partial charge in [-0.25, -0.2) is 0 Å². The number of rotatable bonds is 1. The van der Waals surface area contributed by atoms with Crippen LogP contribution in [0.4, 0.5) is 0 Å². The molecule has 0 saturated carbocycles. The summed E-state index contributed by atoms with van der Waals surface area (Å²) in [5.41, 5.74) is 0. The second-order valence-corrected chi connectivity index (χ2v) is 3.74. The van der Waals surface area contributed by atoms with Gasteiger partial charge in [0.1, 0.15) is 6.04 Å². The summed E-state index contributed by atoms with van der Waals surface area (Å²) in [4.78, 5) is 11.0. The smallest absolute Gasteiger partial charge is 0.233 e. The summed E-state index contributed by atoms with van der Waals surface area (Å²) in [6, 6.07) is -0.139. The average Bonchev–Trinajstić information content (AvgIpc) is 2.50. The average molecular weight is 197 g/mol. The van der Waals surface area contributed by atoms with E-state index in [0.717, 1.165) is 19.3 Å². The largest absolute Gasteiger partial charge is 0.468 e. The standard InChI is InChI=1S/C10H15NO3/c1-8(12)11-9-4-7-14-10(9)5-2-3-6-13-10/h4,7,9H,2-3,5-6H2,1H3,(H,11,12)/t9-,10-/m0/s1. The molecule has 4 nitrogen and oxygen atoms in total. The molecule has 78 valence electrons. The Bertz CT molecular complexity index is 256. The van der Waals surface area contributed by atoms with Crippen molar-refractivity contribution in [2.24, 2.45) is 0 Å². The Balaban J connectivity index is 2.06. The molecule has 1 fully saturated rings. The molecule has 14 heavy (non-hydrogen) atoms. The first-order valence-corrected chi connectivity index (χ1v) is 4.98. The third kappa shape index (κ3) is 1.62. The fourth-order valence-corrected chi connectivity index (χ4v) is 1.96. The molecular weight excluding hydrogens is 182 g/mol. The van der Waals surface area contributed by atoms with E-state index in [1.807, 2.05) is 6.08 Å². The van der Waals surface area contributed by atoms with Crippen LogP contribution in [-0.2, 0) is 14.3 Å². The van der Waals surface area contributed by atoms with Crippen LogP contribution in [0.25, 0.3) is 0 Å². The van der Waals surface area contributed by atoms with Crippen LogP contribution in [0.5, 0.6) is 0 Å². The topological polar surface area (TPSA) is 47.6 Å². The first kappa shape index (κ1) is 9.52. The van der Waals surface area contributed by atoms with Gasteiger partial charge < -0.3 is 14.8 Å². The Morgan fingerprint density at radius 1 is 1.57 bits per heavy atom. The van der Waals surface area contributed by atoms with Crippen LogP contribution in [0.15, 0.2) is 12.3 Å². The maximum absolute atomic E-state index is 11.0. The zero-order chi connectivity index (χ0) is 10.0. The molecule has 1 saturated heterocycles. The quantitative estimate of drug-likeness (QED) is 0.680. The number of nitrogens with one attached hydrogen (secondary N) is 1. The molecule has 4 heteroatoms. The molecule has 0 bridgehead atoms. The zero-order valence-corrected chi connectivity index (χ0v) is 8.29. The zero-order valence-electron chi connectivity index (χ0n) is 8.29. The number of carbonyl (C=O) groups excluding carboxylic acids is 1. The van der Waals surface area contributed by atoms with Gasteiger partial charge in [-0.05, 0) is 18.9 Å². The summed E-state index contributed by atoms with van der Waals surface area (Å²) in [5, 5.41) is 2.83. The number of hydrogen-bond donors (Lipinski definition) is 1. The highest BCUT2D eigenvalue weighted by Gasteiger charge is 2.45. The molecular formula is C10H15NO3. The van der Waals surface area contributed by atoms with Crippen molar-refractivity contribution in [2.45, 2.75) is 38.0 Å². The molecule has 0 unspecified atom stereocenters. The van der Waals surface area contributed by atoms with Crippen LogP contribution in [-0.4, -0.2) is 24.3 Å². The van der Waals surface area contributed by atoms with Crippen molar-refractivity contribution < 1.29 is 14.3 Å². The predicted molar refractivity (Wildman–Crippen MR) is 50.4 cm³/mol. The Morgan fingerprint density at radius 2 is 2.43 bits per heavy atom. The van der Waals surface area contributed by atoms with Gasteiger partial charge in [-0.3, -0.25) is 4.79 Å². The Labute approximate surface area is 83.3 Å². The molecule has 0 aromatic carbocycles. The molecule has 0 aliphatic carbocycles. The van der Waals surface area contributed by atoms with Crippen LogP contribution in [0, 0.1) is 0 Å². The fraction of sp³-hybridized carbons (Fsp3) is 0.700. The minimum Gasteiger partial charge on any atom is -0.468 e. The van der Waals surface area contributed by atoms with Gasteiger partial charge in [-0.2, -0.15) is 0 Å². The summed E-state index contributed by atoms with van der Waals surface area (Å²) >= 11 is 0. The van der Waals surface area contributed by atoms with Gasteiger partial charge in [0.25, 0.3) is 0 Å². The van der Waals surface area contributed by atoms with Crippen LogP contribution >= 0.6 is 0 Å². The molecule has 1 N–H and O–H groups in total. The van der Waals surface area contributed by atoms with E-state index in [-0.39, 0.29) is 11.9 Å². The van der Waals surface area contributed by atoms with Crippen LogP contribution in [0.3, 0.4) is 0 Å². The lowest BCUT2D eigenvalue weighted by Gasteiger charge is -2.37. The van der Waals surface area contributed by atoms with Crippen molar-refractivity contribution >= 4 is 5.91 Å². The normalized spacial score (nSPS) is 35.6. The van der Waals surface area contributed by atoms with Gasteiger partial charge in [0, 0.05) is 13.3 Å². The first-order chi connectivity index (χ1) is 6.73.